The lowest BCUT2D eigenvalue weighted by Crippen LogP contribution is -2.24. The van der Waals surface area contributed by atoms with E-state index in [2.05, 4.69) is 63.0 Å². The first-order valence-corrected chi connectivity index (χ1v) is 8.51. The molecule has 2 aromatic rings. The second-order valence-corrected chi connectivity index (χ2v) is 6.29. The number of nitrogens with one attached hydrogen (secondary N) is 1. The maximum absolute atomic E-state index is 6.09. The van der Waals surface area contributed by atoms with Crippen molar-refractivity contribution in [3.05, 3.63) is 51.5 Å². The van der Waals surface area contributed by atoms with E-state index in [1.807, 2.05) is 12.3 Å². The Hall–Kier alpha value is -0.840. The molecule has 0 radical (unpaired) electrons. The summed E-state index contributed by atoms with van der Waals surface area (Å²) in [6, 6.07) is 6.33. The third-order valence-corrected chi connectivity index (χ3v) is 4.66. The highest BCUT2D eigenvalue weighted by Crippen LogP contribution is 2.27. The van der Waals surface area contributed by atoms with E-state index in [1.165, 1.54) is 5.56 Å². The summed E-state index contributed by atoms with van der Waals surface area (Å²) >= 11 is 9.59. The first-order chi connectivity index (χ1) is 10.2. The molecule has 0 saturated heterocycles. The molecule has 1 heterocycles. The van der Waals surface area contributed by atoms with Crippen molar-refractivity contribution in [3.63, 3.8) is 0 Å². The molecule has 0 fully saturated rings. The molecule has 1 unspecified atom stereocenters. The molecule has 1 aromatic carbocycles. The van der Waals surface area contributed by atoms with Crippen molar-refractivity contribution in [2.45, 2.75) is 39.3 Å². The largest absolute Gasteiger partial charge is 0.335 e. The summed E-state index contributed by atoms with van der Waals surface area (Å²) in [5.74, 6) is 1.12. The quantitative estimate of drug-likeness (QED) is 0.772. The van der Waals surface area contributed by atoms with Gasteiger partial charge in [-0.3, -0.25) is 0 Å². The molecule has 3 nitrogen and oxygen atoms in total. The number of halogens is 2. The Morgan fingerprint density at radius 1 is 1.38 bits per heavy atom. The van der Waals surface area contributed by atoms with Gasteiger partial charge in [0, 0.05) is 35.9 Å². The normalized spacial score (nSPS) is 12.6. The van der Waals surface area contributed by atoms with Crippen molar-refractivity contribution < 1.29 is 0 Å². The third-order valence-electron chi connectivity index (χ3n) is 3.45. The highest BCUT2D eigenvalue weighted by atomic mass is 79.9. The predicted octanol–water partition coefficient (Wildman–Crippen LogP) is 4.60. The van der Waals surface area contributed by atoms with Gasteiger partial charge in [0.25, 0.3) is 0 Å². The van der Waals surface area contributed by atoms with Crippen LogP contribution in [-0.4, -0.2) is 16.1 Å². The molecule has 0 spiro atoms. The Morgan fingerprint density at radius 3 is 2.86 bits per heavy atom. The Kier molecular flexibility index (Phi) is 6.27. The van der Waals surface area contributed by atoms with E-state index in [9.17, 15) is 0 Å². The Labute approximate surface area is 139 Å². The number of likely N-dealkylation sites (N-methyl/N-ethyl adjacent to an activating group) is 1. The number of nitrogens with zero attached hydrogens (tertiary/aromatic N) is 2. The molecule has 0 saturated carbocycles. The van der Waals surface area contributed by atoms with Crippen molar-refractivity contribution in [2.24, 2.45) is 0 Å². The van der Waals surface area contributed by atoms with Crippen molar-refractivity contribution >= 4 is 27.5 Å². The summed E-state index contributed by atoms with van der Waals surface area (Å²) in [5.41, 5.74) is 1.22. The highest BCUT2D eigenvalue weighted by Gasteiger charge is 2.15. The summed E-state index contributed by atoms with van der Waals surface area (Å²) < 4.78 is 3.16. The maximum Gasteiger partial charge on any atom is 0.110 e. The van der Waals surface area contributed by atoms with Gasteiger partial charge in [0.05, 0.1) is 5.02 Å². The van der Waals surface area contributed by atoms with E-state index in [0.29, 0.717) is 0 Å². The molecular formula is C16H21BrClN3. The van der Waals surface area contributed by atoms with Crippen molar-refractivity contribution in [1.82, 2.24) is 14.9 Å². The summed E-state index contributed by atoms with van der Waals surface area (Å²) in [7, 11) is 0. The highest BCUT2D eigenvalue weighted by molar-refractivity contribution is 9.10. The molecule has 0 aliphatic rings. The van der Waals surface area contributed by atoms with Crippen LogP contribution < -0.4 is 5.32 Å². The first-order valence-electron chi connectivity index (χ1n) is 7.34. The monoisotopic (exact) mass is 369 g/mol. The zero-order valence-corrected chi connectivity index (χ0v) is 14.8. The van der Waals surface area contributed by atoms with E-state index in [0.717, 1.165) is 41.3 Å². The van der Waals surface area contributed by atoms with Crippen LogP contribution in [-0.2, 0) is 13.0 Å². The minimum atomic E-state index is 0.238. The third kappa shape index (κ3) is 4.31. The van der Waals surface area contributed by atoms with Crippen LogP contribution in [0.25, 0.3) is 0 Å². The maximum atomic E-state index is 6.09. The second-order valence-electron chi connectivity index (χ2n) is 5.02. The molecule has 1 aromatic heterocycles. The van der Waals surface area contributed by atoms with E-state index in [1.54, 1.807) is 0 Å². The molecule has 21 heavy (non-hydrogen) atoms. The van der Waals surface area contributed by atoms with Crippen LogP contribution in [0.15, 0.2) is 35.1 Å². The molecule has 2 rings (SSSR count). The number of imidazole rings is 1. The number of aromatic nitrogens is 2. The zero-order valence-electron chi connectivity index (χ0n) is 12.4. The lowest BCUT2D eigenvalue weighted by atomic mass is 10.0. The van der Waals surface area contributed by atoms with Gasteiger partial charge in [0.15, 0.2) is 0 Å². The molecule has 0 aliphatic carbocycles. The molecule has 5 heteroatoms. The Balaban J connectivity index is 2.22. The minimum absolute atomic E-state index is 0.238. The molecular weight excluding hydrogens is 350 g/mol. The van der Waals surface area contributed by atoms with Crippen LogP contribution in [0.5, 0.6) is 0 Å². The number of benzene rings is 1. The average Bonchev–Trinajstić information content (AvgIpc) is 2.89. The first kappa shape index (κ1) is 16.5. The van der Waals surface area contributed by atoms with Gasteiger partial charge in [0.2, 0.25) is 0 Å². The minimum Gasteiger partial charge on any atom is -0.335 e. The number of aryl methyl sites for hydroxylation is 1. The molecule has 0 amide bonds. The lowest BCUT2D eigenvalue weighted by Gasteiger charge is -2.19. The number of hydrogen-bond donors (Lipinski definition) is 1. The standard InChI is InChI=1S/C16H21BrClN3/c1-3-8-21-9-7-20-16(21)11-15(19-4-2)12-5-6-14(18)13(17)10-12/h5-7,9-10,15,19H,3-4,8,11H2,1-2H3. The van der Waals surface area contributed by atoms with Gasteiger partial charge in [-0.1, -0.05) is 31.5 Å². The van der Waals surface area contributed by atoms with E-state index >= 15 is 0 Å². The fourth-order valence-electron chi connectivity index (χ4n) is 2.44. The fourth-order valence-corrected chi connectivity index (χ4v) is 2.95. The average molecular weight is 371 g/mol. The van der Waals surface area contributed by atoms with Gasteiger partial charge in [-0.2, -0.15) is 0 Å². The Morgan fingerprint density at radius 2 is 2.19 bits per heavy atom. The topological polar surface area (TPSA) is 29.9 Å². The van der Waals surface area contributed by atoms with Gasteiger partial charge >= 0.3 is 0 Å². The summed E-state index contributed by atoms with van der Waals surface area (Å²) in [4.78, 5) is 4.51. The number of hydrogen-bond acceptors (Lipinski definition) is 2. The SMILES string of the molecule is CCCn1ccnc1CC(NCC)c1ccc(Cl)c(Br)c1. The van der Waals surface area contributed by atoms with Crippen molar-refractivity contribution in [3.8, 4) is 0 Å². The number of rotatable bonds is 7. The van der Waals surface area contributed by atoms with Crippen molar-refractivity contribution in [1.29, 1.82) is 0 Å². The van der Waals surface area contributed by atoms with E-state index < -0.39 is 0 Å². The van der Waals surface area contributed by atoms with Crippen LogP contribution in [0.1, 0.15) is 37.7 Å². The van der Waals surface area contributed by atoms with E-state index in [4.69, 9.17) is 11.6 Å². The van der Waals surface area contributed by atoms with Gasteiger partial charge in [-0.15, -0.1) is 0 Å². The summed E-state index contributed by atoms with van der Waals surface area (Å²) in [6.45, 7) is 6.23. The predicted molar refractivity (Wildman–Crippen MR) is 91.8 cm³/mol. The van der Waals surface area contributed by atoms with E-state index in [-0.39, 0.29) is 6.04 Å². The lowest BCUT2D eigenvalue weighted by molar-refractivity contribution is 0.516. The van der Waals surface area contributed by atoms with Crippen LogP contribution in [0, 0.1) is 0 Å². The van der Waals surface area contributed by atoms with Crippen LogP contribution in [0.2, 0.25) is 5.02 Å². The van der Waals surface area contributed by atoms with Gasteiger partial charge in [-0.05, 0) is 46.6 Å². The fraction of sp³-hybridized carbons (Fsp3) is 0.438. The molecule has 1 N–H and O–H groups in total. The molecule has 1 atom stereocenters. The Bertz CT molecular complexity index is 583. The van der Waals surface area contributed by atoms with Gasteiger partial charge < -0.3 is 9.88 Å². The summed E-state index contributed by atoms with van der Waals surface area (Å²) in [5, 5.41) is 4.27. The van der Waals surface area contributed by atoms with Gasteiger partial charge in [0.1, 0.15) is 5.82 Å². The zero-order chi connectivity index (χ0) is 15.2. The van der Waals surface area contributed by atoms with Crippen LogP contribution in [0.4, 0.5) is 0 Å². The van der Waals surface area contributed by atoms with Crippen LogP contribution in [0.3, 0.4) is 0 Å². The van der Waals surface area contributed by atoms with Crippen molar-refractivity contribution in [2.75, 3.05) is 6.54 Å². The molecule has 114 valence electrons. The molecule has 0 aliphatic heterocycles. The summed E-state index contributed by atoms with van der Waals surface area (Å²) in [6.07, 6.45) is 5.92. The van der Waals surface area contributed by atoms with Crippen LogP contribution >= 0.6 is 27.5 Å². The van der Waals surface area contributed by atoms with Gasteiger partial charge in [-0.25, -0.2) is 4.98 Å². The second kappa shape index (κ2) is 7.97. The molecule has 0 bridgehead atoms. The smallest absolute Gasteiger partial charge is 0.110 e.